The molecule has 0 saturated heterocycles. The third kappa shape index (κ3) is 4.26. The molecule has 0 radical (unpaired) electrons. The number of aryl methyl sites for hydroxylation is 1. The molecule has 1 N–H and O–H groups in total. The van der Waals surface area contributed by atoms with E-state index >= 15 is 0 Å². The van der Waals surface area contributed by atoms with Crippen molar-refractivity contribution in [3.8, 4) is 0 Å². The smallest absolute Gasteiger partial charge is 0.272 e. The number of halogens is 5. The predicted molar refractivity (Wildman–Crippen MR) is 118 cm³/mol. The summed E-state index contributed by atoms with van der Waals surface area (Å²) >= 11 is 0. The minimum absolute atomic E-state index is 0.0310. The van der Waals surface area contributed by atoms with Gasteiger partial charge in [0.25, 0.3) is 18.4 Å². The van der Waals surface area contributed by atoms with E-state index in [1.807, 2.05) is 0 Å². The highest BCUT2D eigenvalue weighted by atomic mass is 32.2. The molecule has 1 aromatic carbocycles. The Labute approximate surface area is 196 Å². The molecule has 2 aromatic heterocycles. The van der Waals surface area contributed by atoms with Gasteiger partial charge in [0.15, 0.2) is 14.7 Å². The van der Waals surface area contributed by atoms with Crippen molar-refractivity contribution < 1.29 is 30.4 Å². The van der Waals surface area contributed by atoms with Crippen LogP contribution in [0.5, 0.6) is 0 Å². The number of anilines is 1. The summed E-state index contributed by atoms with van der Waals surface area (Å²) in [6, 6.07) is 2.57. The van der Waals surface area contributed by atoms with E-state index in [2.05, 4.69) is 15.3 Å². The summed E-state index contributed by atoms with van der Waals surface area (Å²) < 4.78 is 94.5. The van der Waals surface area contributed by atoms with E-state index in [1.54, 1.807) is 0 Å². The molecule has 188 valence electrons. The Morgan fingerprint density at radius 3 is 2.29 bits per heavy atom. The second-order valence-corrected chi connectivity index (χ2v) is 10.6. The van der Waals surface area contributed by atoms with Gasteiger partial charge in [-0.2, -0.15) is 0 Å². The lowest BCUT2D eigenvalue weighted by Crippen LogP contribution is -2.37. The van der Waals surface area contributed by atoms with Gasteiger partial charge in [-0.25, -0.2) is 40.3 Å². The number of sulfone groups is 1. The lowest BCUT2D eigenvalue weighted by molar-refractivity contribution is 0.0650. The molecule has 0 bridgehead atoms. The summed E-state index contributed by atoms with van der Waals surface area (Å²) in [4.78, 5) is 20.6. The zero-order chi connectivity index (χ0) is 25.9. The molecule has 0 unspecified atom stereocenters. The predicted octanol–water partition coefficient (Wildman–Crippen LogP) is 4.51. The maximum Gasteiger partial charge on any atom is 0.272 e. The van der Waals surface area contributed by atoms with E-state index in [9.17, 15) is 35.2 Å². The van der Waals surface area contributed by atoms with Gasteiger partial charge in [0, 0.05) is 18.0 Å². The number of hydrogen-bond acceptors (Lipinski definition) is 6. The van der Waals surface area contributed by atoms with Crippen molar-refractivity contribution >= 4 is 26.6 Å². The number of nitrogens with zero attached hydrogens (tertiary/aromatic N) is 3. The van der Waals surface area contributed by atoms with Gasteiger partial charge < -0.3 is 9.88 Å². The minimum Gasteiger partial charge on any atom is -0.363 e. The van der Waals surface area contributed by atoms with Gasteiger partial charge in [0.1, 0.15) is 28.5 Å². The van der Waals surface area contributed by atoms with Crippen molar-refractivity contribution in [3.05, 3.63) is 57.5 Å². The van der Waals surface area contributed by atoms with Crippen LogP contribution in [-0.2, 0) is 15.4 Å². The lowest BCUT2D eigenvalue weighted by Gasteiger charge is -2.22. The first kappa shape index (κ1) is 25.0. The Bertz CT molecular complexity index is 1490. The Balaban J connectivity index is 1.95. The first-order valence-electron chi connectivity index (χ1n) is 10.5. The summed E-state index contributed by atoms with van der Waals surface area (Å²) in [5.41, 5.74) is -4.15. The quantitative estimate of drug-likeness (QED) is 0.465. The van der Waals surface area contributed by atoms with Crippen LogP contribution in [0.2, 0.25) is 0 Å². The number of pyridine rings is 1. The number of rotatable bonds is 7. The highest BCUT2D eigenvalue weighted by Crippen LogP contribution is 2.48. The first-order chi connectivity index (χ1) is 16.3. The second-order valence-electron chi connectivity index (χ2n) is 8.61. The third-order valence-corrected chi connectivity index (χ3v) is 7.19. The fourth-order valence-corrected chi connectivity index (χ4v) is 5.02. The second kappa shape index (κ2) is 8.54. The van der Waals surface area contributed by atoms with Crippen LogP contribution in [-0.4, -0.2) is 35.6 Å². The monoisotopic (exact) mass is 516 g/mol. The fourth-order valence-electron chi connectivity index (χ4n) is 4.10. The van der Waals surface area contributed by atoms with Crippen LogP contribution in [0, 0.1) is 12.7 Å². The fraction of sp³-hybridized carbons (Fsp3) is 0.409. The molecule has 0 spiro atoms. The van der Waals surface area contributed by atoms with Crippen LogP contribution >= 0.6 is 0 Å². The number of nitrogens with one attached hydrogen (secondary N) is 1. The van der Waals surface area contributed by atoms with Gasteiger partial charge in [-0.1, -0.05) is 18.2 Å². The molecular weight excluding hydrogens is 495 g/mol. The number of hydrogen-bond donors (Lipinski definition) is 1. The van der Waals surface area contributed by atoms with Crippen molar-refractivity contribution in [2.75, 3.05) is 11.6 Å². The van der Waals surface area contributed by atoms with Crippen LogP contribution in [0.15, 0.2) is 34.1 Å². The molecule has 4 rings (SSSR count). The number of aromatic nitrogens is 3. The molecule has 1 atom stereocenters. The van der Waals surface area contributed by atoms with Crippen molar-refractivity contribution in [3.63, 3.8) is 0 Å². The normalized spacial score (nSPS) is 16.2. The largest absolute Gasteiger partial charge is 0.363 e. The molecule has 1 aliphatic carbocycles. The Morgan fingerprint density at radius 2 is 1.74 bits per heavy atom. The van der Waals surface area contributed by atoms with Crippen molar-refractivity contribution in [2.24, 2.45) is 0 Å². The van der Waals surface area contributed by atoms with E-state index in [0.717, 1.165) is 18.5 Å². The highest BCUT2D eigenvalue weighted by molar-refractivity contribution is 7.91. The molecule has 0 aliphatic heterocycles. The van der Waals surface area contributed by atoms with Crippen LogP contribution in [0.1, 0.15) is 49.2 Å². The van der Waals surface area contributed by atoms with Crippen molar-refractivity contribution in [2.45, 2.75) is 56.0 Å². The van der Waals surface area contributed by atoms with E-state index in [1.165, 1.54) is 26.0 Å². The van der Waals surface area contributed by atoms with Gasteiger partial charge in [-0.3, -0.25) is 4.79 Å². The van der Waals surface area contributed by atoms with Gasteiger partial charge in [0.05, 0.1) is 17.0 Å². The van der Waals surface area contributed by atoms with E-state index in [0.29, 0.717) is 4.57 Å². The van der Waals surface area contributed by atoms with Gasteiger partial charge in [-0.15, -0.1) is 0 Å². The average molecular weight is 516 g/mol. The standard InChI is InChI=1S/C22H21F5N4O3S/c1-10(12-5-4-6-13(15(12)23)18(24)25)28-19-14-9-31(22(7-8-22)21(26)27)20(32)17(35(3,33)34)16(14)29-11(2)30-19/h4-6,9-10,18,21H,7-8H2,1-3H3,(H,28,29,30)/t10-/m1/s1. The number of alkyl halides is 4. The minimum atomic E-state index is -4.22. The van der Waals surface area contributed by atoms with E-state index in [4.69, 9.17) is 0 Å². The van der Waals surface area contributed by atoms with E-state index in [-0.39, 0.29) is 41.0 Å². The summed E-state index contributed by atoms with van der Waals surface area (Å²) in [5, 5.41) is 2.79. The molecule has 1 aliphatic rings. The Morgan fingerprint density at radius 1 is 1.11 bits per heavy atom. The highest BCUT2D eigenvalue weighted by Gasteiger charge is 2.54. The van der Waals surface area contributed by atoms with Gasteiger partial charge in [-0.05, 0) is 26.7 Å². The number of benzene rings is 1. The van der Waals surface area contributed by atoms with Crippen molar-refractivity contribution in [1.82, 2.24) is 14.5 Å². The molecule has 3 aromatic rings. The molecule has 7 nitrogen and oxygen atoms in total. The van der Waals surface area contributed by atoms with Crippen LogP contribution in [0.3, 0.4) is 0 Å². The molecule has 1 fully saturated rings. The van der Waals surface area contributed by atoms with Crippen molar-refractivity contribution in [1.29, 1.82) is 0 Å². The zero-order valence-corrected chi connectivity index (χ0v) is 19.6. The summed E-state index contributed by atoms with van der Waals surface area (Å²) in [7, 11) is -4.22. The van der Waals surface area contributed by atoms with Gasteiger partial charge >= 0.3 is 0 Å². The maximum atomic E-state index is 14.7. The summed E-state index contributed by atoms with van der Waals surface area (Å²) in [5.74, 6) is -1.14. The van der Waals surface area contributed by atoms with Crippen LogP contribution in [0.4, 0.5) is 27.8 Å². The summed E-state index contributed by atoms with van der Waals surface area (Å²) in [6.45, 7) is 2.89. The van der Waals surface area contributed by atoms with Crippen LogP contribution in [0.25, 0.3) is 10.9 Å². The lowest BCUT2D eigenvalue weighted by atomic mass is 10.0. The first-order valence-corrected chi connectivity index (χ1v) is 12.4. The maximum absolute atomic E-state index is 14.7. The number of fused-ring (bicyclic) bond motifs is 1. The molecule has 35 heavy (non-hydrogen) atoms. The Kier molecular flexibility index (Phi) is 6.10. The molecule has 1 saturated carbocycles. The SMILES string of the molecule is Cc1nc(N[C@H](C)c2cccc(C(F)F)c2F)c2cn(C3(C(F)F)CC3)c(=O)c(S(C)(=O)=O)c2n1. The Hall–Kier alpha value is -3.09. The van der Waals surface area contributed by atoms with E-state index < -0.39 is 56.1 Å². The topological polar surface area (TPSA) is 94.0 Å². The zero-order valence-electron chi connectivity index (χ0n) is 18.8. The third-order valence-electron chi connectivity index (χ3n) is 6.08. The average Bonchev–Trinajstić information content (AvgIpc) is 3.54. The molecule has 13 heteroatoms. The molecular formula is C22H21F5N4O3S. The molecule has 2 heterocycles. The summed E-state index contributed by atoms with van der Waals surface area (Å²) in [6.07, 6.45) is -4.19. The molecule has 0 amide bonds. The van der Waals surface area contributed by atoms with Gasteiger partial charge in [0.2, 0.25) is 0 Å². The van der Waals surface area contributed by atoms with Crippen LogP contribution < -0.4 is 10.9 Å².